The van der Waals surface area contributed by atoms with Crippen molar-refractivity contribution in [3.05, 3.63) is 63.4 Å². The van der Waals surface area contributed by atoms with Gasteiger partial charge in [0.25, 0.3) is 0 Å². The van der Waals surface area contributed by atoms with Gasteiger partial charge in [0, 0.05) is 18.7 Å². The minimum Gasteiger partial charge on any atom is -0.260 e. The maximum Gasteiger partial charge on any atom is 0.144 e. The lowest BCUT2D eigenvalue weighted by Crippen LogP contribution is -1.97. The fourth-order valence-electron chi connectivity index (χ4n) is 1.71. The molecule has 0 fully saturated rings. The monoisotopic (exact) mass is 278 g/mol. The van der Waals surface area contributed by atoms with Gasteiger partial charge >= 0.3 is 0 Å². The third-order valence-electron chi connectivity index (χ3n) is 2.75. The fourth-order valence-corrected chi connectivity index (χ4v) is 1.89. The van der Waals surface area contributed by atoms with Crippen LogP contribution in [0, 0.1) is 29.9 Å². The Morgan fingerprint density at radius 3 is 2.68 bits per heavy atom. The number of hydrogen-bond donors (Lipinski definition) is 0. The molecule has 0 aliphatic carbocycles. The van der Waals surface area contributed by atoms with Gasteiger partial charge in [0.15, 0.2) is 0 Å². The zero-order valence-corrected chi connectivity index (χ0v) is 10.8. The van der Waals surface area contributed by atoms with Crippen molar-refractivity contribution in [2.24, 2.45) is 0 Å². The Labute approximate surface area is 114 Å². The summed E-state index contributed by atoms with van der Waals surface area (Å²) in [5, 5.41) is 8.78. The van der Waals surface area contributed by atoms with Crippen LogP contribution >= 0.6 is 11.6 Å². The molecule has 0 amide bonds. The van der Waals surface area contributed by atoms with Crippen LogP contribution in [0.2, 0.25) is 5.02 Å². The Balaban J connectivity index is 2.37. The highest BCUT2D eigenvalue weighted by Gasteiger charge is 2.10. The van der Waals surface area contributed by atoms with Gasteiger partial charge in [-0.15, -0.1) is 0 Å². The van der Waals surface area contributed by atoms with Gasteiger partial charge in [0.2, 0.25) is 0 Å². The van der Waals surface area contributed by atoms with E-state index < -0.39 is 11.6 Å². The predicted octanol–water partition coefficient (Wildman–Crippen LogP) is 3.78. The number of hydrogen-bond acceptors (Lipinski definition) is 2. The average molecular weight is 279 g/mol. The Kier molecular flexibility index (Phi) is 3.77. The van der Waals surface area contributed by atoms with Crippen molar-refractivity contribution < 1.29 is 8.78 Å². The first kappa shape index (κ1) is 13.4. The van der Waals surface area contributed by atoms with E-state index in [-0.39, 0.29) is 17.0 Å². The van der Waals surface area contributed by atoms with E-state index in [4.69, 9.17) is 16.9 Å². The molecule has 1 heterocycles. The minimum absolute atomic E-state index is 0.128. The van der Waals surface area contributed by atoms with E-state index >= 15 is 0 Å². The molecule has 0 aliphatic heterocycles. The lowest BCUT2D eigenvalue weighted by Gasteiger charge is -2.06. The van der Waals surface area contributed by atoms with Crippen LogP contribution in [-0.4, -0.2) is 4.98 Å². The molecule has 0 saturated heterocycles. The first-order chi connectivity index (χ1) is 9.01. The topological polar surface area (TPSA) is 36.7 Å². The molecular formula is C14H9ClF2N2. The zero-order valence-electron chi connectivity index (χ0n) is 10.0. The number of benzene rings is 1. The van der Waals surface area contributed by atoms with Gasteiger partial charge in [0.05, 0.1) is 16.3 Å². The summed E-state index contributed by atoms with van der Waals surface area (Å²) in [7, 11) is 0. The van der Waals surface area contributed by atoms with Crippen molar-refractivity contribution in [1.82, 2.24) is 4.98 Å². The third-order valence-corrected chi connectivity index (χ3v) is 3.04. The van der Waals surface area contributed by atoms with Crippen molar-refractivity contribution in [3.63, 3.8) is 0 Å². The molecule has 0 spiro atoms. The molecule has 0 unspecified atom stereocenters. The summed E-state index contributed by atoms with van der Waals surface area (Å²) >= 11 is 5.63. The van der Waals surface area contributed by atoms with Crippen LogP contribution in [0.5, 0.6) is 0 Å². The maximum atomic E-state index is 13.6. The molecule has 0 bridgehead atoms. The summed E-state index contributed by atoms with van der Waals surface area (Å²) in [6.07, 6.45) is 1.76. The molecule has 2 nitrogen and oxygen atoms in total. The highest BCUT2D eigenvalue weighted by atomic mass is 35.5. The van der Waals surface area contributed by atoms with Gasteiger partial charge < -0.3 is 0 Å². The normalized spacial score (nSPS) is 10.3. The quantitative estimate of drug-likeness (QED) is 0.784. The highest BCUT2D eigenvalue weighted by Crippen LogP contribution is 2.22. The number of pyridine rings is 1. The molecule has 0 radical (unpaired) electrons. The van der Waals surface area contributed by atoms with E-state index in [0.717, 1.165) is 6.07 Å². The summed E-state index contributed by atoms with van der Waals surface area (Å²) in [5.74, 6) is -1.45. The zero-order chi connectivity index (χ0) is 14.0. The largest absolute Gasteiger partial charge is 0.260 e. The van der Waals surface area contributed by atoms with E-state index in [9.17, 15) is 8.78 Å². The van der Waals surface area contributed by atoms with Crippen molar-refractivity contribution in [2.45, 2.75) is 13.3 Å². The van der Waals surface area contributed by atoms with Gasteiger partial charge in [0.1, 0.15) is 17.7 Å². The summed E-state index contributed by atoms with van der Waals surface area (Å²) < 4.78 is 26.6. The average Bonchev–Trinajstić information content (AvgIpc) is 2.38. The predicted molar refractivity (Wildman–Crippen MR) is 67.9 cm³/mol. The smallest absolute Gasteiger partial charge is 0.144 e. The molecular weight excluding hydrogens is 270 g/mol. The Hall–Kier alpha value is -1.99. The van der Waals surface area contributed by atoms with Gasteiger partial charge in [-0.2, -0.15) is 5.26 Å². The van der Waals surface area contributed by atoms with E-state index in [1.54, 1.807) is 19.2 Å². The molecule has 0 aliphatic rings. The Morgan fingerprint density at radius 2 is 2.00 bits per heavy atom. The lowest BCUT2D eigenvalue weighted by atomic mass is 10.0. The number of aryl methyl sites for hydroxylation is 1. The van der Waals surface area contributed by atoms with Crippen molar-refractivity contribution >= 4 is 11.6 Å². The second-order valence-corrected chi connectivity index (χ2v) is 4.53. The van der Waals surface area contributed by atoms with Crippen LogP contribution in [0.1, 0.15) is 22.4 Å². The minimum atomic E-state index is -0.789. The second kappa shape index (κ2) is 5.33. The van der Waals surface area contributed by atoms with Crippen LogP contribution < -0.4 is 0 Å². The first-order valence-corrected chi connectivity index (χ1v) is 5.88. The summed E-state index contributed by atoms with van der Waals surface area (Å²) in [6.45, 7) is 1.72. The summed E-state index contributed by atoms with van der Waals surface area (Å²) in [5.41, 5.74) is 1.99. The Morgan fingerprint density at radius 1 is 1.26 bits per heavy atom. The number of aromatic nitrogens is 1. The van der Waals surface area contributed by atoms with Gasteiger partial charge in [-0.3, -0.25) is 4.98 Å². The number of halogens is 3. The van der Waals surface area contributed by atoms with E-state index in [1.807, 2.05) is 6.07 Å². The molecule has 1 aromatic heterocycles. The molecule has 2 rings (SSSR count). The molecule has 0 atom stereocenters. The third kappa shape index (κ3) is 2.88. The molecule has 0 N–H and O–H groups in total. The molecule has 2 aromatic rings. The van der Waals surface area contributed by atoms with Crippen LogP contribution in [-0.2, 0) is 6.42 Å². The Bertz CT molecular complexity index is 678. The van der Waals surface area contributed by atoms with Crippen molar-refractivity contribution in [1.29, 1.82) is 5.26 Å². The van der Waals surface area contributed by atoms with E-state index in [0.29, 0.717) is 16.8 Å². The summed E-state index contributed by atoms with van der Waals surface area (Å²) in [6, 6.07) is 5.65. The number of rotatable bonds is 2. The van der Waals surface area contributed by atoms with Crippen LogP contribution in [0.15, 0.2) is 24.4 Å². The number of nitrogens with zero attached hydrogens (tertiary/aromatic N) is 2. The molecule has 96 valence electrons. The highest BCUT2D eigenvalue weighted by molar-refractivity contribution is 6.30. The second-order valence-electron chi connectivity index (χ2n) is 4.12. The van der Waals surface area contributed by atoms with E-state index in [2.05, 4.69) is 4.98 Å². The first-order valence-electron chi connectivity index (χ1n) is 5.50. The van der Waals surface area contributed by atoms with Gasteiger partial charge in [-0.25, -0.2) is 8.78 Å². The van der Waals surface area contributed by atoms with Gasteiger partial charge in [-0.1, -0.05) is 11.6 Å². The van der Waals surface area contributed by atoms with Crippen molar-refractivity contribution in [3.8, 4) is 6.07 Å². The lowest BCUT2D eigenvalue weighted by molar-refractivity contribution is 0.575. The molecule has 5 heteroatoms. The maximum absolute atomic E-state index is 13.6. The fraction of sp³-hybridized carbons (Fsp3) is 0.143. The number of nitriles is 1. The van der Waals surface area contributed by atoms with E-state index in [1.165, 1.54) is 6.07 Å². The molecule has 19 heavy (non-hydrogen) atoms. The van der Waals surface area contributed by atoms with Gasteiger partial charge in [-0.05, 0) is 30.2 Å². The molecule has 0 saturated carbocycles. The van der Waals surface area contributed by atoms with Crippen molar-refractivity contribution in [2.75, 3.05) is 0 Å². The van der Waals surface area contributed by atoms with Crippen LogP contribution in [0.3, 0.4) is 0 Å². The SMILES string of the molecule is Cc1ncc(Cc2cc(Cl)c(F)cc2F)cc1C#N. The standard InChI is InChI=1S/C14H9ClF2N2/c1-8-11(6-18)3-9(7-19-8)2-10-4-12(15)14(17)5-13(10)16/h3-5,7H,2H2,1H3. The molecule has 1 aromatic carbocycles. The van der Waals surface area contributed by atoms with Crippen LogP contribution in [0.4, 0.5) is 8.78 Å². The van der Waals surface area contributed by atoms with Crippen LogP contribution in [0.25, 0.3) is 0 Å². The summed E-state index contributed by atoms with van der Waals surface area (Å²) in [4.78, 5) is 4.06.